The maximum atomic E-state index is 5.71. The molecule has 0 saturated carbocycles. The van der Waals surface area contributed by atoms with E-state index in [9.17, 15) is 0 Å². The minimum atomic E-state index is 0.575. The summed E-state index contributed by atoms with van der Waals surface area (Å²) in [6.07, 6.45) is 4.61. The maximum Gasteiger partial charge on any atom is 0.226 e. The second-order valence-electron chi connectivity index (χ2n) is 6.60. The molecule has 0 N–H and O–H groups in total. The van der Waals surface area contributed by atoms with Crippen molar-refractivity contribution in [3.8, 4) is 28.7 Å². The van der Waals surface area contributed by atoms with Crippen LogP contribution in [0.3, 0.4) is 0 Å². The highest BCUT2D eigenvalue weighted by Gasteiger charge is 2.12. The maximum absolute atomic E-state index is 5.71. The number of oxazole rings is 1. The molecular formula is C24H29NO4. The zero-order valence-electron chi connectivity index (χ0n) is 17.4. The molecule has 0 spiro atoms. The number of rotatable bonds is 11. The van der Waals surface area contributed by atoms with E-state index in [0.29, 0.717) is 31.5 Å². The zero-order chi connectivity index (χ0) is 20.5. The minimum Gasteiger partial charge on any atom is -0.494 e. The molecule has 5 heteroatoms. The smallest absolute Gasteiger partial charge is 0.226 e. The van der Waals surface area contributed by atoms with Crippen LogP contribution in [0.1, 0.15) is 38.4 Å². The summed E-state index contributed by atoms with van der Waals surface area (Å²) in [6.45, 7) is 7.76. The van der Waals surface area contributed by atoms with E-state index in [4.69, 9.17) is 18.6 Å². The summed E-state index contributed by atoms with van der Waals surface area (Å²) in [5, 5.41) is 0. The SMILES string of the molecule is CCOc1ccc(CCCc2coc(-c3ccc(OCC)c(OCC)c3)n2)cc1. The fourth-order valence-corrected chi connectivity index (χ4v) is 3.13. The van der Waals surface area contributed by atoms with Crippen LogP contribution in [0.25, 0.3) is 11.5 Å². The fourth-order valence-electron chi connectivity index (χ4n) is 3.13. The predicted molar refractivity (Wildman–Crippen MR) is 114 cm³/mol. The van der Waals surface area contributed by atoms with Crippen molar-refractivity contribution in [1.29, 1.82) is 0 Å². The van der Waals surface area contributed by atoms with Gasteiger partial charge < -0.3 is 18.6 Å². The molecule has 3 rings (SSSR count). The van der Waals surface area contributed by atoms with Crippen molar-refractivity contribution in [2.75, 3.05) is 19.8 Å². The van der Waals surface area contributed by atoms with Gasteiger partial charge in [0.25, 0.3) is 0 Å². The van der Waals surface area contributed by atoms with Gasteiger partial charge in [0.2, 0.25) is 5.89 Å². The molecule has 1 heterocycles. The molecule has 1 aromatic heterocycles. The summed E-state index contributed by atoms with van der Waals surface area (Å²) in [4.78, 5) is 4.64. The van der Waals surface area contributed by atoms with E-state index in [-0.39, 0.29) is 0 Å². The van der Waals surface area contributed by atoms with Gasteiger partial charge in [0, 0.05) is 5.56 Å². The zero-order valence-corrected chi connectivity index (χ0v) is 17.4. The summed E-state index contributed by atoms with van der Waals surface area (Å²) in [5.41, 5.74) is 3.14. The Labute approximate surface area is 172 Å². The quantitative estimate of drug-likeness (QED) is 0.416. The third-order valence-electron chi connectivity index (χ3n) is 4.47. The lowest BCUT2D eigenvalue weighted by atomic mass is 10.1. The molecule has 0 aliphatic heterocycles. The van der Waals surface area contributed by atoms with E-state index < -0.39 is 0 Å². The molecule has 0 unspecified atom stereocenters. The largest absolute Gasteiger partial charge is 0.494 e. The number of aromatic nitrogens is 1. The number of benzene rings is 2. The van der Waals surface area contributed by atoms with E-state index in [2.05, 4.69) is 17.1 Å². The van der Waals surface area contributed by atoms with Gasteiger partial charge in [0.1, 0.15) is 12.0 Å². The highest BCUT2D eigenvalue weighted by atomic mass is 16.5. The highest BCUT2D eigenvalue weighted by Crippen LogP contribution is 2.32. The Morgan fingerprint density at radius 1 is 0.793 bits per heavy atom. The highest BCUT2D eigenvalue weighted by molar-refractivity contribution is 5.60. The number of hydrogen-bond donors (Lipinski definition) is 0. The molecule has 0 fully saturated rings. The van der Waals surface area contributed by atoms with E-state index in [1.807, 2.05) is 51.1 Å². The minimum absolute atomic E-state index is 0.575. The molecule has 0 saturated heterocycles. The van der Waals surface area contributed by atoms with E-state index in [1.165, 1.54) is 5.56 Å². The van der Waals surface area contributed by atoms with E-state index in [0.717, 1.165) is 42.0 Å². The van der Waals surface area contributed by atoms with Gasteiger partial charge in [-0.05, 0) is 75.9 Å². The van der Waals surface area contributed by atoms with Crippen molar-refractivity contribution in [2.24, 2.45) is 0 Å². The summed E-state index contributed by atoms with van der Waals surface area (Å²) < 4.78 is 22.5. The molecule has 0 bridgehead atoms. The van der Waals surface area contributed by atoms with Crippen molar-refractivity contribution < 1.29 is 18.6 Å². The molecular weight excluding hydrogens is 366 g/mol. The summed E-state index contributed by atoms with van der Waals surface area (Å²) in [5.74, 6) is 2.96. The molecule has 0 radical (unpaired) electrons. The van der Waals surface area contributed by atoms with Crippen molar-refractivity contribution in [2.45, 2.75) is 40.0 Å². The molecule has 0 aliphatic carbocycles. The third-order valence-corrected chi connectivity index (χ3v) is 4.47. The van der Waals surface area contributed by atoms with Crippen molar-refractivity contribution in [3.63, 3.8) is 0 Å². The first kappa shape index (κ1) is 20.8. The second-order valence-corrected chi connectivity index (χ2v) is 6.60. The van der Waals surface area contributed by atoms with Gasteiger partial charge in [-0.1, -0.05) is 12.1 Å². The van der Waals surface area contributed by atoms with Crippen LogP contribution in [0.2, 0.25) is 0 Å². The van der Waals surface area contributed by atoms with Crippen LogP contribution in [-0.4, -0.2) is 24.8 Å². The number of hydrogen-bond acceptors (Lipinski definition) is 5. The van der Waals surface area contributed by atoms with Gasteiger partial charge in [0.05, 0.1) is 25.5 Å². The number of aryl methyl sites for hydroxylation is 2. The molecule has 2 aromatic carbocycles. The van der Waals surface area contributed by atoms with Crippen LogP contribution in [0.4, 0.5) is 0 Å². The molecule has 0 aliphatic rings. The lowest BCUT2D eigenvalue weighted by Gasteiger charge is -2.11. The Bertz CT molecular complexity index is 886. The lowest BCUT2D eigenvalue weighted by molar-refractivity contribution is 0.288. The van der Waals surface area contributed by atoms with Gasteiger partial charge in [0.15, 0.2) is 11.5 Å². The average Bonchev–Trinajstić information content (AvgIpc) is 3.20. The van der Waals surface area contributed by atoms with Gasteiger partial charge >= 0.3 is 0 Å². The monoisotopic (exact) mass is 395 g/mol. The Balaban J connectivity index is 1.59. The third kappa shape index (κ3) is 5.76. The first-order chi connectivity index (χ1) is 14.2. The molecule has 0 atom stereocenters. The van der Waals surface area contributed by atoms with Crippen LogP contribution in [-0.2, 0) is 12.8 Å². The molecule has 154 valence electrons. The molecule has 5 nitrogen and oxygen atoms in total. The summed E-state index contributed by atoms with van der Waals surface area (Å²) >= 11 is 0. The Kier molecular flexibility index (Phi) is 7.56. The Morgan fingerprint density at radius 2 is 1.52 bits per heavy atom. The Morgan fingerprint density at radius 3 is 2.24 bits per heavy atom. The fraction of sp³-hybridized carbons (Fsp3) is 0.375. The van der Waals surface area contributed by atoms with Crippen LogP contribution < -0.4 is 14.2 Å². The normalized spacial score (nSPS) is 10.7. The average molecular weight is 395 g/mol. The van der Waals surface area contributed by atoms with E-state index in [1.54, 1.807) is 6.26 Å². The van der Waals surface area contributed by atoms with Gasteiger partial charge in [-0.25, -0.2) is 4.98 Å². The second kappa shape index (κ2) is 10.6. The first-order valence-electron chi connectivity index (χ1n) is 10.3. The molecule has 29 heavy (non-hydrogen) atoms. The van der Waals surface area contributed by atoms with Crippen molar-refractivity contribution in [3.05, 3.63) is 60.0 Å². The number of ether oxygens (including phenoxy) is 3. The number of nitrogens with zero attached hydrogens (tertiary/aromatic N) is 1. The van der Waals surface area contributed by atoms with Gasteiger partial charge in [-0.3, -0.25) is 0 Å². The standard InChI is InChI=1S/C24H29NO4/c1-4-26-21-13-10-18(11-14-21)8-7-9-20-17-29-24(25-20)19-12-15-22(27-5-2)23(16-19)28-6-3/h10-17H,4-9H2,1-3H3. The van der Waals surface area contributed by atoms with E-state index >= 15 is 0 Å². The summed E-state index contributed by atoms with van der Waals surface area (Å²) in [7, 11) is 0. The molecule has 0 amide bonds. The topological polar surface area (TPSA) is 53.7 Å². The lowest BCUT2D eigenvalue weighted by Crippen LogP contribution is -1.98. The first-order valence-corrected chi connectivity index (χ1v) is 10.3. The van der Waals surface area contributed by atoms with Gasteiger partial charge in [-0.2, -0.15) is 0 Å². The predicted octanol–water partition coefficient (Wildman–Crippen LogP) is 5.71. The van der Waals surface area contributed by atoms with Crippen LogP contribution >= 0.6 is 0 Å². The van der Waals surface area contributed by atoms with Crippen molar-refractivity contribution in [1.82, 2.24) is 4.98 Å². The van der Waals surface area contributed by atoms with Crippen molar-refractivity contribution >= 4 is 0 Å². The summed E-state index contributed by atoms with van der Waals surface area (Å²) in [6, 6.07) is 14.1. The Hall–Kier alpha value is -2.95. The van der Waals surface area contributed by atoms with Gasteiger partial charge in [-0.15, -0.1) is 0 Å². The molecule has 3 aromatic rings. The van der Waals surface area contributed by atoms with Crippen LogP contribution in [0, 0.1) is 0 Å². The van der Waals surface area contributed by atoms with Crippen LogP contribution in [0.5, 0.6) is 17.2 Å². The van der Waals surface area contributed by atoms with Crippen LogP contribution in [0.15, 0.2) is 53.1 Å².